The molecule has 1 radical (unpaired) electrons. The molecule has 6 aliphatic rings. The molecule has 15 heterocycles. The van der Waals surface area contributed by atoms with Crippen LogP contribution in [0.4, 0.5) is 35.3 Å². The molecule has 5 unspecified atom stereocenters. The zero-order valence-electron chi connectivity index (χ0n) is 64.5. The van der Waals surface area contributed by atoms with E-state index >= 15 is 0 Å². The predicted octanol–water partition coefficient (Wildman–Crippen LogP) is -3.35. The third-order valence-corrected chi connectivity index (χ3v) is 27.2. The van der Waals surface area contributed by atoms with Crippen LogP contribution in [-0.4, -0.2) is 255 Å². The molecule has 71 heteroatoms. The van der Waals surface area contributed by atoms with Gasteiger partial charge in [-0.05, 0) is 12.1 Å². The number of H-pyrrole nitrogens is 3. The molecule has 6 aliphatic heterocycles. The van der Waals surface area contributed by atoms with Crippen molar-refractivity contribution in [2.75, 3.05) is 74.0 Å². The summed E-state index contributed by atoms with van der Waals surface area (Å²) >= 11 is 2.26. The minimum absolute atomic E-state index is 0.142. The van der Waals surface area contributed by atoms with Crippen molar-refractivity contribution < 1.29 is 154 Å². The number of rotatable bonds is 36. The Labute approximate surface area is 717 Å². The van der Waals surface area contributed by atoms with Crippen LogP contribution in [0.3, 0.4) is 0 Å². The van der Waals surface area contributed by atoms with Crippen LogP contribution in [0.25, 0.3) is 33.5 Å². The van der Waals surface area contributed by atoms with Crippen LogP contribution in [0.15, 0.2) is 84.5 Å². The number of hydrogen-bond acceptors (Lipinski definition) is 46. The van der Waals surface area contributed by atoms with Gasteiger partial charge in [0.15, 0.2) is 22.3 Å². The summed E-state index contributed by atoms with van der Waals surface area (Å²) in [7, 11) is -32.9. The van der Waals surface area contributed by atoms with Gasteiger partial charge in [-0.3, -0.25) is 51.4 Å². The van der Waals surface area contributed by atoms with E-state index in [0.29, 0.717) is 0 Å². The molecule has 0 spiro atoms. The fourth-order valence-electron chi connectivity index (χ4n) is 14.4. The number of imidazole rings is 3. The van der Waals surface area contributed by atoms with E-state index in [9.17, 15) is 99.9 Å². The van der Waals surface area contributed by atoms with Crippen LogP contribution in [0.2, 0.25) is 0 Å². The molecule has 6 saturated heterocycles. The van der Waals surface area contributed by atoms with Gasteiger partial charge in [0.05, 0.1) is 25.9 Å². The van der Waals surface area contributed by atoms with Gasteiger partial charge in [-0.2, -0.15) is 19.9 Å². The van der Waals surface area contributed by atoms with Crippen molar-refractivity contribution >= 4 is 138 Å². The van der Waals surface area contributed by atoms with Crippen LogP contribution in [0.5, 0.6) is 0 Å². The first kappa shape index (κ1) is 94.2. The minimum Gasteiger partial charge on any atom is -0.246 e. The fourth-order valence-corrected chi connectivity index (χ4v) is 21.2. The van der Waals surface area contributed by atoms with Crippen LogP contribution in [0, 0.1) is 0 Å². The quantitative estimate of drug-likeness (QED) is 0.0135. The summed E-state index contributed by atoms with van der Waals surface area (Å²) in [4.78, 5) is 205. The molecule has 0 amide bonds. The van der Waals surface area contributed by atoms with Gasteiger partial charge in [0.2, 0.25) is 11.9 Å². The van der Waals surface area contributed by atoms with Crippen molar-refractivity contribution in [2.24, 2.45) is 0 Å². The second-order valence-electron chi connectivity index (χ2n) is 28.6. The second-order valence-corrected chi connectivity index (χ2v) is 40.8. The molecular formula is C57H74N24O39P7Se. The molecule has 0 aliphatic carbocycles. The Bertz CT molecular complexity index is 6450. The smallest absolute Gasteiger partial charge is 0.246 e. The number of anilines is 6. The third kappa shape index (κ3) is 22.3. The van der Waals surface area contributed by atoms with Crippen LogP contribution >= 0.6 is 53.2 Å². The van der Waals surface area contributed by atoms with Crippen molar-refractivity contribution in [1.29, 1.82) is 0 Å². The summed E-state index contributed by atoms with van der Waals surface area (Å²) in [5.41, 5.74) is 27.9. The van der Waals surface area contributed by atoms with Gasteiger partial charge in [0, 0.05) is 25.2 Å². The number of aromatic nitrogens is 18. The Morgan fingerprint density at radius 2 is 0.586 bits per heavy atom. The fraction of sp³-hybridized carbons (Fsp3) is 0.526. The summed E-state index contributed by atoms with van der Waals surface area (Å²) in [5, 5.41) is 0. The molecule has 0 bridgehead atoms. The number of aromatic amines is 3. The van der Waals surface area contributed by atoms with Gasteiger partial charge < -0.3 is 61.8 Å². The van der Waals surface area contributed by atoms with E-state index < -0.39 is 282 Å². The van der Waals surface area contributed by atoms with E-state index in [2.05, 4.69) is 79.9 Å². The first-order chi connectivity index (χ1) is 60.1. The Morgan fingerprint density at radius 3 is 0.844 bits per heavy atom. The van der Waals surface area contributed by atoms with E-state index in [1.54, 1.807) is 0 Å². The number of hydrogen-bond donors (Lipinski definition) is 17. The molecule has 6 fully saturated rings. The number of nitrogens with two attached hydrogens (primary N) is 6. The summed E-state index contributed by atoms with van der Waals surface area (Å²) in [6.07, 6.45) is -30.1. The van der Waals surface area contributed by atoms with Crippen molar-refractivity contribution in [3.63, 3.8) is 0 Å². The number of nitrogen functional groups attached to an aromatic ring is 6. The van der Waals surface area contributed by atoms with E-state index in [1.807, 2.05) is 0 Å². The third-order valence-electron chi connectivity index (χ3n) is 19.9. The average Bonchev–Trinajstić information content (AvgIpc) is 1.39. The van der Waals surface area contributed by atoms with Crippen LogP contribution in [-0.2, 0) is 115 Å². The molecule has 63 nitrogen and oxygen atoms in total. The maximum Gasteiger partial charge on any atom is 0.351 e. The number of phosphoric ester groups is 6. The van der Waals surface area contributed by atoms with E-state index in [0.717, 1.165) is 55.8 Å². The number of phosphoric acid groups is 6. The van der Waals surface area contributed by atoms with Gasteiger partial charge in [0.25, 0.3) is 11.1 Å². The first-order valence-electron chi connectivity index (χ1n) is 37.0. The molecule has 128 heavy (non-hydrogen) atoms. The van der Waals surface area contributed by atoms with E-state index in [1.165, 1.54) is 27.3 Å². The Balaban J connectivity index is 0.639. The number of nitrogens with zero attached hydrogens (tertiary/aromatic N) is 15. The SMILES string of the molecule is Nc1ccn([C@H]2C[C@H](OP(=O)(O)OC[C@H]3O[C@@H](n4cnc5c(=O)[nH]c(N)nc54)C[C@@H]3OP(=O)([Se])OC[C@H]3O[C@@H](n4ccc(N)nc4=O)C[C@@H]3OP(=O)(O)OC[C@H]3O[C@@H](n4cnc5c(=O)[nH]c(N)nc54)C[C@@H]3OP(=O)(O)OC[C@H]3O[C@@H](n4ccc(N)nc4=O)C[C@@H]3OP(=O)(O)OC[C@H]3O[C@@H](n4cnc5c(=O)[nH]c(N)nc54)C[C@@H]3OP(=O)(O)O)[C@@H](COP(=O)(O)O)O2)c(=O)n1. The minimum atomic E-state index is -5.67. The summed E-state index contributed by atoms with van der Waals surface area (Å²) in [6, 6.07) is 3.56. The Kier molecular flexibility index (Phi) is 27.2. The molecule has 23 atom stereocenters. The Morgan fingerprint density at radius 1 is 0.344 bits per heavy atom. The van der Waals surface area contributed by atoms with Crippen LogP contribution < -0.4 is 68.1 Å². The van der Waals surface area contributed by atoms with Gasteiger partial charge in [-0.25, -0.2) is 37.8 Å². The maximum absolute atomic E-state index is 14.8. The number of fused-ring (bicyclic) bond motifs is 3. The van der Waals surface area contributed by atoms with Crippen molar-refractivity contribution in [1.82, 2.24) is 87.2 Å². The normalized spacial score (nSPS) is 28.8. The summed E-state index contributed by atoms with van der Waals surface area (Å²) in [5.74, 6) is -1.84. The van der Waals surface area contributed by atoms with Crippen molar-refractivity contribution in [3.05, 3.63) is 118 Å². The Hall–Kier alpha value is -8.42. The van der Waals surface area contributed by atoms with Crippen molar-refractivity contribution in [2.45, 2.75) is 149 Å². The van der Waals surface area contributed by atoms with Gasteiger partial charge in [0.1, 0.15) is 48.5 Å². The average molecular weight is 2020 g/mol. The van der Waals surface area contributed by atoms with Crippen molar-refractivity contribution in [3.8, 4) is 0 Å². The number of ether oxygens (including phenoxy) is 6. The monoisotopic (exact) mass is 2020 g/mol. The summed E-state index contributed by atoms with van der Waals surface area (Å²) in [6.45, 7) is -6.32. The zero-order chi connectivity index (χ0) is 91.8. The van der Waals surface area contributed by atoms with Gasteiger partial charge in [-0.15, -0.1) is 0 Å². The molecule has 15 rings (SSSR count). The molecular weight excluding hydrogens is 1940 g/mol. The van der Waals surface area contributed by atoms with Gasteiger partial charge in [-0.1, -0.05) is 0 Å². The molecule has 23 N–H and O–H groups in total. The summed E-state index contributed by atoms with van der Waals surface area (Å²) < 4.78 is 203. The molecule has 697 valence electrons. The second kappa shape index (κ2) is 37.0. The molecule has 0 aromatic carbocycles. The zero-order valence-corrected chi connectivity index (χ0v) is 72.5. The maximum atomic E-state index is 14.8. The van der Waals surface area contributed by atoms with Gasteiger partial charge >= 0.3 is 392 Å². The topological polar surface area (TPSA) is 899 Å². The molecule has 0 saturated carbocycles. The number of nitrogens with one attached hydrogen (secondary N) is 3. The predicted molar refractivity (Wildman–Crippen MR) is 419 cm³/mol. The molecule has 9 aromatic rings. The largest absolute Gasteiger partial charge is 0.351 e. The van der Waals surface area contributed by atoms with Crippen LogP contribution in [0.1, 0.15) is 75.9 Å². The molecule has 9 aromatic heterocycles. The van der Waals surface area contributed by atoms with E-state index in [-0.39, 0.29) is 62.8 Å². The van der Waals surface area contributed by atoms with E-state index in [4.69, 9.17) is 113 Å². The standard InChI is InChI=1S/C57H74N24O39P7Se/c58-34-1-4-76(55(85)67-34)37-8-23(28(109-37)13-103-121(88,89)90)116-126(100,101)107-17-32-27(12-42(114-32)81-21-66-45-48(81)72-54(63)75-51(45)84)120-127(102,128)108-18-33-25(10-39(111-33)78-6-3-36(60)69-57(78)87)118-124(96,97)106-16-31-26(11-41(113-31)80-20-65-44-47(80)71-53(62)74-50(44)83)119-125(98,99)105-15-30-24(9-38(110-30)77-5-2-35(59)68-56(77)86)117-123(94,95)104-14-29-22(115-122(91,92)93)7-40(112-29)79-19-64-43-46(79)70-52(61)73-49(43)82/h1-6,19-33,37-42H,7-18H2,(H,94,95)(H,96,97)(H,98,99)(H,100,101)(H2,58,67,85)(H2,59,68,86)(H2,60,69,87)(H2,88,89,90)(H2,91,92,93)(H3,61,70,73,82)(H3,62,71,74,83)(H3,63,72,75,84)/t22-,23-,24-,25-,26-,27-,28+,29+,30+,31+,32+,33+,37+,38+,39+,40+,41+,42+,127?/m0/s1. The first-order valence-corrected chi connectivity index (χ1v) is 49.8.